The number of β-amino-alcohol motifs (C(OH)–C–C–N with tert-alkyl or cyclic N) is 1. The van der Waals surface area contributed by atoms with Gasteiger partial charge >= 0.3 is 0 Å². The fraction of sp³-hybridized carbons (Fsp3) is 0.833. The first kappa shape index (κ1) is 15.1. The predicted molar refractivity (Wildman–Crippen MR) is 77.5 cm³/mol. The quantitative estimate of drug-likeness (QED) is 0.893. The van der Waals surface area contributed by atoms with Crippen LogP contribution in [0.1, 0.15) is 26.0 Å². The number of aromatic nitrogens is 2. The van der Waals surface area contributed by atoms with Crippen molar-refractivity contribution in [2.45, 2.75) is 39.0 Å². The van der Waals surface area contributed by atoms with Crippen molar-refractivity contribution in [2.24, 2.45) is 0 Å². The molecule has 0 saturated carbocycles. The minimum Gasteiger partial charge on any atom is -0.392 e. The maximum absolute atomic E-state index is 9.54. The summed E-state index contributed by atoms with van der Waals surface area (Å²) in [6.45, 7) is 8.53. The van der Waals surface area contributed by atoms with E-state index in [4.69, 9.17) is 11.6 Å². The van der Waals surface area contributed by atoms with E-state index in [-0.39, 0.29) is 6.10 Å². The molecule has 7 heteroatoms. The van der Waals surface area contributed by atoms with Gasteiger partial charge in [-0.15, -0.1) is 5.10 Å². The van der Waals surface area contributed by atoms with Gasteiger partial charge in [-0.2, -0.15) is 0 Å². The third-order valence-corrected chi connectivity index (χ3v) is 4.53. The number of aliphatic hydroxyl groups excluding tert-OH is 1. The standard InChI is InChI=1S/C12H21ClN4OS/c1-3-10-7-16(4-5-17(10)6-9(2)18)8-11-12(13)19-15-14-11/h9-10,18H,3-8H2,1-2H3/t9-,10+/m0/s1. The fourth-order valence-corrected chi connectivity index (χ4v) is 3.18. The largest absolute Gasteiger partial charge is 0.392 e. The Kier molecular flexibility index (Phi) is 5.53. The van der Waals surface area contributed by atoms with Crippen LogP contribution in [0.2, 0.25) is 4.34 Å². The van der Waals surface area contributed by atoms with Gasteiger partial charge in [-0.05, 0) is 13.3 Å². The average molecular weight is 305 g/mol. The van der Waals surface area contributed by atoms with Crippen molar-refractivity contribution in [1.82, 2.24) is 19.4 Å². The zero-order valence-corrected chi connectivity index (χ0v) is 13.0. The first-order valence-corrected chi connectivity index (χ1v) is 7.86. The summed E-state index contributed by atoms with van der Waals surface area (Å²) in [6.07, 6.45) is 0.824. The molecule has 1 aromatic rings. The zero-order chi connectivity index (χ0) is 13.8. The van der Waals surface area contributed by atoms with Crippen molar-refractivity contribution in [3.63, 3.8) is 0 Å². The first-order valence-electron chi connectivity index (χ1n) is 6.71. The number of rotatable bonds is 5. The van der Waals surface area contributed by atoms with Gasteiger partial charge in [0.05, 0.1) is 6.10 Å². The molecule has 1 saturated heterocycles. The number of nitrogens with zero attached hydrogens (tertiary/aromatic N) is 4. The lowest BCUT2D eigenvalue weighted by atomic mass is 10.1. The van der Waals surface area contributed by atoms with Crippen LogP contribution in [0, 0.1) is 0 Å². The number of hydrogen-bond donors (Lipinski definition) is 1. The van der Waals surface area contributed by atoms with Crippen molar-refractivity contribution < 1.29 is 5.11 Å². The van der Waals surface area contributed by atoms with E-state index in [1.807, 2.05) is 6.92 Å². The van der Waals surface area contributed by atoms with Crippen LogP contribution < -0.4 is 0 Å². The first-order chi connectivity index (χ1) is 9.10. The van der Waals surface area contributed by atoms with E-state index in [1.54, 1.807) is 0 Å². The van der Waals surface area contributed by atoms with Crippen LogP contribution in [0.15, 0.2) is 0 Å². The van der Waals surface area contributed by atoms with E-state index in [2.05, 4.69) is 26.3 Å². The van der Waals surface area contributed by atoms with Gasteiger partial charge in [-0.1, -0.05) is 23.0 Å². The third-order valence-electron chi connectivity index (χ3n) is 3.54. The van der Waals surface area contributed by atoms with E-state index in [0.29, 0.717) is 10.4 Å². The van der Waals surface area contributed by atoms with Crippen LogP contribution in [0.25, 0.3) is 0 Å². The topological polar surface area (TPSA) is 52.5 Å². The Balaban J connectivity index is 1.91. The SMILES string of the molecule is CC[C@@H]1CN(Cc2nnsc2Cl)CCN1C[C@H](C)O. The zero-order valence-electron chi connectivity index (χ0n) is 11.4. The van der Waals surface area contributed by atoms with E-state index in [0.717, 1.165) is 44.8 Å². The molecule has 0 aliphatic carbocycles. The van der Waals surface area contributed by atoms with E-state index < -0.39 is 0 Å². The van der Waals surface area contributed by atoms with Crippen LogP contribution in [-0.2, 0) is 6.54 Å². The maximum atomic E-state index is 9.54. The minimum absolute atomic E-state index is 0.266. The van der Waals surface area contributed by atoms with E-state index in [9.17, 15) is 5.11 Å². The molecule has 0 bridgehead atoms. The smallest absolute Gasteiger partial charge is 0.138 e. The molecule has 5 nitrogen and oxygen atoms in total. The van der Waals surface area contributed by atoms with Gasteiger partial charge in [0.2, 0.25) is 0 Å². The van der Waals surface area contributed by atoms with Crippen molar-refractivity contribution >= 4 is 23.1 Å². The van der Waals surface area contributed by atoms with Crippen molar-refractivity contribution in [2.75, 3.05) is 26.2 Å². The molecule has 0 spiro atoms. The highest BCUT2D eigenvalue weighted by molar-refractivity contribution is 7.10. The number of hydrogen-bond acceptors (Lipinski definition) is 6. The molecular formula is C12H21ClN4OS. The Labute approximate surface area is 123 Å². The molecule has 0 amide bonds. The molecule has 0 radical (unpaired) electrons. The van der Waals surface area contributed by atoms with Crippen LogP contribution in [-0.4, -0.2) is 62.8 Å². The van der Waals surface area contributed by atoms with Crippen LogP contribution >= 0.6 is 23.1 Å². The van der Waals surface area contributed by atoms with Gasteiger partial charge in [0.1, 0.15) is 10.0 Å². The van der Waals surface area contributed by atoms with Crippen LogP contribution in [0.4, 0.5) is 0 Å². The monoisotopic (exact) mass is 304 g/mol. The summed E-state index contributed by atoms with van der Waals surface area (Å²) in [7, 11) is 0. The number of piperazine rings is 1. The van der Waals surface area contributed by atoms with E-state index >= 15 is 0 Å². The van der Waals surface area contributed by atoms with E-state index in [1.165, 1.54) is 11.5 Å². The molecule has 1 N–H and O–H groups in total. The summed E-state index contributed by atoms with van der Waals surface area (Å²) < 4.78 is 4.56. The second kappa shape index (κ2) is 6.95. The molecule has 2 heterocycles. The fourth-order valence-electron chi connectivity index (χ4n) is 2.57. The van der Waals surface area contributed by atoms with Gasteiger partial charge < -0.3 is 5.11 Å². The normalized spacial score (nSPS) is 23.7. The molecule has 1 fully saturated rings. The molecule has 1 aromatic heterocycles. The Bertz CT molecular complexity index is 401. The van der Waals surface area contributed by atoms with Gasteiger partial charge in [0.25, 0.3) is 0 Å². The van der Waals surface area contributed by atoms with Crippen LogP contribution in [0.3, 0.4) is 0 Å². The Morgan fingerprint density at radius 1 is 1.53 bits per heavy atom. The molecular weight excluding hydrogens is 284 g/mol. The van der Waals surface area contributed by atoms with Crippen molar-refractivity contribution in [3.05, 3.63) is 10.0 Å². The number of halogens is 1. The molecule has 0 unspecified atom stereocenters. The van der Waals surface area contributed by atoms with Gasteiger partial charge in [-0.25, -0.2) is 0 Å². The summed E-state index contributed by atoms with van der Waals surface area (Å²) in [5.41, 5.74) is 0.880. The minimum atomic E-state index is -0.266. The maximum Gasteiger partial charge on any atom is 0.138 e. The molecule has 108 valence electrons. The lowest BCUT2D eigenvalue weighted by Crippen LogP contribution is -2.54. The lowest BCUT2D eigenvalue weighted by molar-refractivity contribution is 0.0333. The number of aliphatic hydroxyl groups is 1. The summed E-state index contributed by atoms with van der Waals surface area (Å²) in [5, 5.41) is 13.6. The Hall–Kier alpha value is -0.270. The summed E-state index contributed by atoms with van der Waals surface area (Å²) in [5.74, 6) is 0. The van der Waals surface area contributed by atoms with Crippen molar-refractivity contribution in [3.8, 4) is 0 Å². The van der Waals surface area contributed by atoms with Gasteiger partial charge in [0.15, 0.2) is 0 Å². The predicted octanol–water partition coefficient (Wildman–Crippen LogP) is 1.47. The Morgan fingerprint density at radius 2 is 2.32 bits per heavy atom. The average Bonchev–Trinajstić information content (AvgIpc) is 2.76. The summed E-state index contributed by atoms with van der Waals surface area (Å²) in [6, 6.07) is 0.494. The molecule has 2 rings (SSSR count). The molecule has 19 heavy (non-hydrogen) atoms. The molecule has 1 aliphatic heterocycles. The highest BCUT2D eigenvalue weighted by Gasteiger charge is 2.27. The highest BCUT2D eigenvalue weighted by Crippen LogP contribution is 2.21. The third kappa shape index (κ3) is 4.10. The second-order valence-electron chi connectivity index (χ2n) is 5.13. The van der Waals surface area contributed by atoms with Crippen molar-refractivity contribution in [1.29, 1.82) is 0 Å². The lowest BCUT2D eigenvalue weighted by Gasteiger charge is -2.41. The molecule has 1 aliphatic rings. The summed E-state index contributed by atoms with van der Waals surface area (Å²) in [4.78, 5) is 4.75. The molecule has 2 atom stereocenters. The second-order valence-corrected chi connectivity index (χ2v) is 6.49. The van der Waals surface area contributed by atoms with Gasteiger partial charge in [0, 0.05) is 50.3 Å². The summed E-state index contributed by atoms with van der Waals surface area (Å²) >= 11 is 7.29. The Morgan fingerprint density at radius 3 is 2.89 bits per heavy atom. The van der Waals surface area contributed by atoms with Gasteiger partial charge in [-0.3, -0.25) is 9.80 Å². The highest BCUT2D eigenvalue weighted by atomic mass is 35.5. The molecule has 0 aromatic carbocycles. The van der Waals surface area contributed by atoms with Crippen LogP contribution in [0.5, 0.6) is 0 Å².